The number of sulfonamides is 1. The van der Waals surface area contributed by atoms with Gasteiger partial charge in [0.1, 0.15) is 0 Å². The van der Waals surface area contributed by atoms with Crippen LogP contribution >= 0.6 is 0 Å². The second-order valence-electron chi connectivity index (χ2n) is 5.64. The van der Waals surface area contributed by atoms with Crippen molar-refractivity contribution < 1.29 is 22.7 Å². The van der Waals surface area contributed by atoms with Gasteiger partial charge in [0.2, 0.25) is 10.0 Å². The molecule has 1 aromatic carbocycles. The van der Waals surface area contributed by atoms with Crippen molar-refractivity contribution in [1.29, 1.82) is 0 Å². The molecule has 126 valence electrons. The number of esters is 1. The van der Waals surface area contributed by atoms with Crippen LogP contribution in [0.3, 0.4) is 0 Å². The molecular weight excluding hydrogens is 320 g/mol. The first-order valence-corrected chi connectivity index (χ1v) is 8.70. The zero-order chi connectivity index (χ0) is 17.2. The van der Waals surface area contributed by atoms with Gasteiger partial charge in [0, 0.05) is 20.1 Å². The van der Waals surface area contributed by atoms with Crippen LogP contribution in [0.15, 0.2) is 29.2 Å². The van der Waals surface area contributed by atoms with Crippen LogP contribution in [0.4, 0.5) is 0 Å². The monoisotopic (exact) mass is 340 g/mol. The normalized spacial score (nSPS) is 16.0. The third-order valence-electron chi connectivity index (χ3n) is 3.45. The predicted octanol–water partition coefficient (Wildman–Crippen LogP) is 0.761. The van der Waals surface area contributed by atoms with E-state index in [1.165, 1.54) is 45.3 Å². The Kier molecular flexibility index (Phi) is 5.06. The smallest absolute Gasteiger partial charge is 0.338 e. The predicted molar refractivity (Wildman–Crippen MR) is 83.4 cm³/mol. The first-order valence-electron chi connectivity index (χ1n) is 7.26. The molecule has 1 aliphatic rings. The van der Waals surface area contributed by atoms with Crippen molar-refractivity contribution in [3.05, 3.63) is 29.8 Å². The summed E-state index contributed by atoms with van der Waals surface area (Å²) < 4.78 is 30.1. The van der Waals surface area contributed by atoms with E-state index in [4.69, 9.17) is 4.74 Å². The van der Waals surface area contributed by atoms with E-state index < -0.39 is 22.1 Å². The van der Waals surface area contributed by atoms with E-state index in [9.17, 15) is 18.0 Å². The molecule has 23 heavy (non-hydrogen) atoms. The van der Waals surface area contributed by atoms with Gasteiger partial charge in [-0.25, -0.2) is 17.5 Å². The molecule has 1 atom stereocenters. The minimum absolute atomic E-state index is 0.0820. The lowest BCUT2D eigenvalue weighted by atomic mass is 10.2. The van der Waals surface area contributed by atoms with Gasteiger partial charge in [-0.2, -0.15) is 0 Å². The fraction of sp³-hybridized carbons (Fsp3) is 0.467. The van der Waals surface area contributed by atoms with Gasteiger partial charge in [-0.15, -0.1) is 0 Å². The molecule has 0 aliphatic heterocycles. The van der Waals surface area contributed by atoms with Crippen molar-refractivity contribution in [3.63, 3.8) is 0 Å². The largest absolute Gasteiger partial charge is 0.449 e. The molecule has 1 fully saturated rings. The summed E-state index contributed by atoms with van der Waals surface area (Å²) in [7, 11) is -0.689. The number of carbonyl (C=O) groups excluding carboxylic acids is 2. The summed E-state index contributed by atoms with van der Waals surface area (Å²) in [5.41, 5.74) is 0.189. The number of benzene rings is 1. The van der Waals surface area contributed by atoms with Crippen LogP contribution in [0.5, 0.6) is 0 Å². The van der Waals surface area contributed by atoms with Crippen molar-refractivity contribution >= 4 is 21.9 Å². The maximum Gasteiger partial charge on any atom is 0.338 e. The average molecular weight is 340 g/mol. The first-order chi connectivity index (χ1) is 10.7. The van der Waals surface area contributed by atoms with Crippen molar-refractivity contribution in [3.8, 4) is 0 Å². The molecule has 1 amide bonds. The third-order valence-corrected chi connectivity index (χ3v) is 5.27. The summed E-state index contributed by atoms with van der Waals surface area (Å²) in [6.07, 6.45) is 1.01. The van der Waals surface area contributed by atoms with E-state index in [0.29, 0.717) is 0 Å². The van der Waals surface area contributed by atoms with Crippen molar-refractivity contribution in [1.82, 2.24) is 9.62 Å². The van der Waals surface area contributed by atoms with Gasteiger partial charge in [-0.3, -0.25) is 4.79 Å². The standard InChI is InChI=1S/C15H20N2O5S/c1-10(14(18)16-12-6-7-12)22-15(19)11-4-8-13(9-5-11)23(20,21)17(2)3/h4-5,8-10,12H,6-7H2,1-3H3,(H,16,18). The summed E-state index contributed by atoms with van der Waals surface area (Å²) >= 11 is 0. The summed E-state index contributed by atoms with van der Waals surface area (Å²) in [4.78, 5) is 23.8. The van der Waals surface area contributed by atoms with Gasteiger partial charge >= 0.3 is 5.97 Å². The highest BCUT2D eigenvalue weighted by molar-refractivity contribution is 7.89. The van der Waals surface area contributed by atoms with Gasteiger partial charge in [0.25, 0.3) is 5.91 Å². The maximum atomic E-state index is 12.0. The number of amides is 1. The molecule has 0 bridgehead atoms. The molecule has 8 heteroatoms. The lowest BCUT2D eigenvalue weighted by Gasteiger charge is -2.14. The van der Waals surface area contributed by atoms with Crippen LogP contribution in [0, 0.1) is 0 Å². The van der Waals surface area contributed by atoms with Gasteiger partial charge < -0.3 is 10.1 Å². The van der Waals surface area contributed by atoms with Crippen LogP contribution in [-0.4, -0.2) is 50.8 Å². The van der Waals surface area contributed by atoms with Crippen LogP contribution in [0.2, 0.25) is 0 Å². The van der Waals surface area contributed by atoms with Crippen LogP contribution < -0.4 is 5.32 Å². The molecule has 1 aliphatic carbocycles. The Labute approximate surface area is 135 Å². The topological polar surface area (TPSA) is 92.8 Å². The zero-order valence-electron chi connectivity index (χ0n) is 13.3. The second kappa shape index (κ2) is 6.67. The molecule has 0 aromatic heterocycles. The Bertz CT molecular complexity index is 693. The first kappa shape index (κ1) is 17.4. The highest BCUT2D eigenvalue weighted by Crippen LogP contribution is 2.19. The Balaban J connectivity index is 2.01. The van der Waals surface area contributed by atoms with E-state index in [1.54, 1.807) is 0 Å². The van der Waals surface area contributed by atoms with Crippen molar-refractivity contribution in [2.45, 2.75) is 36.8 Å². The Morgan fingerprint density at radius 1 is 1.22 bits per heavy atom. The summed E-state index contributed by atoms with van der Waals surface area (Å²) in [6.45, 7) is 1.50. The highest BCUT2D eigenvalue weighted by atomic mass is 32.2. The number of carbonyl (C=O) groups is 2. The summed E-state index contributed by atoms with van der Waals surface area (Å²) in [5.74, 6) is -0.995. The van der Waals surface area contributed by atoms with Crippen LogP contribution in [-0.2, 0) is 19.6 Å². The van der Waals surface area contributed by atoms with E-state index >= 15 is 0 Å². The fourth-order valence-electron chi connectivity index (χ4n) is 1.80. The molecule has 2 rings (SSSR count). The number of nitrogens with zero attached hydrogens (tertiary/aromatic N) is 1. The molecule has 0 spiro atoms. The minimum atomic E-state index is -3.55. The quantitative estimate of drug-likeness (QED) is 0.772. The Hall–Kier alpha value is -1.93. The van der Waals surface area contributed by atoms with Gasteiger partial charge in [0.05, 0.1) is 10.5 Å². The Morgan fingerprint density at radius 3 is 2.26 bits per heavy atom. The number of rotatable bonds is 6. The highest BCUT2D eigenvalue weighted by Gasteiger charge is 2.27. The molecule has 1 saturated carbocycles. The lowest BCUT2D eigenvalue weighted by Crippen LogP contribution is -2.37. The number of hydrogen-bond acceptors (Lipinski definition) is 5. The van der Waals surface area contributed by atoms with Crippen LogP contribution in [0.25, 0.3) is 0 Å². The van der Waals surface area contributed by atoms with Gasteiger partial charge in [-0.1, -0.05) is 0 Å². The number of nitrogens with one attached hydrogen (secondary N) is 1. The SMILES string of the molecule is CC(OC(=O)c1ccc(S(=O)(=O)N(C)C)cc1)C(=O)NC1CC1. The number of hydrogen-bond donors (Lipinski definition) is 1. The van der Waals surface area contributed by atoms with Gasteiger partial charge in [-0.05, 0) is 44.0 Å². The average Bonchev–Trinajstić information content (AvgIpc) is 3.31. The zero-order valence-corrected chi connectivity index (χ0v) is 14.1. The van der Waals surface area contributed by atoms with E-state index in [1.807, 2.05) is 0 Å². The lowest BCUT2D eigenvalue weighted by molar-refractivity contribution is -0.129. The number of ether oxygens (including phenoxy) is 1. The molecule has 0 radical (unpaired) electrons. The van der Waals surface area contributed by atoms with E-state index in [0.717, 1.165) is 17.1 Å². The molecule has 0 heterocycles. The molecule has 1 aromatic rings. The van der Waals surface area contributed by atoms with Crippen LogP contribution in [0.1, 0.15) is 30.1 Å². The molecule has 7 nitrogen and oxygen atoms in total. The molecule has 1 unspecified atom stereocenters. The van der Waals surface area contributed by atoms with Gasteiger partial charge in [0.15, 0.2) is 6.10 Å². The summed E-state index contributed by atoms with van der Waals surface area (Å²) in [6, 6.07) is 5.59. The van der Waals surface area contributed by atoms with E-state index in [2.05, 4.69) is 5.32 Å². The summed E-state index contributed by atoms with van der Waals surface area (Å²) in [5, 5.41) is 2.75. The minimum Gasteiger partial charge on any atom is -0.449 e. The van der Waals surface area contributed by atoms with E-state index in [-0.39, 0.29) is 22.4 Å². The second-order valence-corrected chi connectivity index (χ2v) is 7.79. The third kappa shape index (κ3) is 4.29. The fourth-order valence-corrected chi connectivity index (χ4v) is 2.70. The van der Waals surface area contributed by atoms with Crippen molar-refractivity contribution in [2.24, 2.45) is 0 Å². The molecule has 1 N–H and O–H groups in total. The maximum absolute atomic E-state index is 12.0. The van der Waals surface area contributed by atoms with Crippen molar-refractivity contribution in [2.75, 3.05) is 14.1 Å². The molecular formula is C15H20N2O5S. The molecule has 0 saturated heterocycles. The Morgan fingerprint density at radius 2 is 1.78 bits per heavy atom.